The maximum atomic E-state index is 13.4. The molecule has 0 aliphatic carbocycles. The largest absolute Gasteiger partial charge is 0.493 e. The van der Waals surface area contributed by atoms with Gasteiger partial charge in [-0.2, -0.15) is 0 Å². The van der Waals surface area contributed by atoms with Crippen molar-refractivity contribution >= 4 is 16.8 Å². The number of ether oxygens (including phenoxy) is 2. The number of hydrogen-bond acceptors (Lipinski definition) is 5. The second-order valence-electron chi connectivity index (χ2n) is 8.97. The van der Waals surface area contributed by atoms with Crippen molar-refractivity contribution in [2.75, 3.05) is 20.2 Å². The Morgan fingerprint density at radius 3 is 2.77 bits per heavy atom. The van der Waals surface area contributed by atoms with Gasteiger partial charge >= 0.3 is 0 Å². The van der Waals surface area contributed by atoms with Crippen molar-refractivity contribution in [2.45, 2.75) is 25.9 Å². The summed E-state index contributed by atoms with van der Waals surface area (Å²) in [5.41, 5.74) is 3.73. The molecule has 0 unspecified atom stereocenters. The van der Waals surface area contributed by atoms with Crippen molar-refractivity contribution in [3.63, 3.8) is 0 Å². The van der Waals surface area contributed by atoms with Crippen LogP contribution in [0.2, 0.25) is 0 Å². The molecule has 0 bridgehead atoms. The maximum absolute atomic E-state index is 13.4. The van der Waals surface area contributed by atoms with Gasteiger partial charge in [-0.3, -0.25) is 14.8 Å². The first-order chi connectivity index (χ1) is 17.2. The van der Waals surface area contributed by atoms with E-state index in [9.17, 15) is 4.79 Å². The SMILES string of the molecule is COc1ccc(C(=O)N2CCC[C@H](Cc3ccc4ncccc4c3)C2)cc1OCc1ccccn1. The molecule has 1 atom stereocenters. The molecule has 2 aromatic heterocycles. The number of amides is 1. The number of carbonyl (C=O) groups excluding carboxylic acids is 1. The van der Waals surface area contributed by atoms with Gasteiger partial charge in [0.1, 0.15) is 6.61 Å². The molecule has 178 valence electrons. The summed E-state index contributed by atoms with van der Waals surface area (Å²) in [5.74, 6) is 1.60. The van der Waals surface area contributed by atoms with E-state index in [1.165, 1.54) is 5.56 Å². The number of fused-ring (bicyclic) bond motifs is 1. The van der Waals surface area contributed by atoms with Crippen LogP contribution in [0.25, 0.3) is 10.9 Å². The highest BCUT2D eigenvalue weighted by Crippen LogP contribution is 2.30. The molecular formula is C29H29N3O3. The van der Waals surface area contributed by atoms with Crippen molar-refractivity contribution in [1.29, 1.82) is 0 Å². The summed E-state index contributed by atoms with van der Waals surface area (Å²) in [5, 5.41) is 1.16. The van der Waals surface area contributed by atoms with Crippen LogP contribution in [0.1, 0.15) is 34.5 Å². The Labute approximate surface area is 205 Å². The summed E-state index contributed by atoms with van der Waals surface area (Å²) in [6, 6.07) is 21.6. The minimum Gasteiger partial charge on any atom is -0.493 e. The van der Waals surface area contributed by atoms with Crippen LogP contribution in [0, 0.1) is 5.92 Å². The second kappa shape index (κ2) is 10.6. The van der Waals surface area contributed by atoms with Crippen molar-refractivity contribution in [3.05, 3.63) is 95.9 Å². The quantitative estimate of drug-likeness (QED) is 0.368. The smallest absolute Gasteiger partial charge is 0.254 e. The van der Waals surface area contributed by atoms with Gasteiger partial charge < -0.3 is 14.4 Å². The van der Waals surface area contributed by atoms with E-state index in [2.05, 4.69) is 34.2 Å². The van der Waals surface area contributed by atoms with E-state index in [0.29, 0.717) is 29.6 Å². The summed E-state index contributed by atoms with van der Waals surface area (Å²) >= 11 is 0. The lowest BCUT2D eigenvalue weighted by Crippen LogP contribution is -2.40. The van der Waals surface area contributed by atoms with Gasteiger partial charge in [0.2, 0.25) is 0 Å². The number of pyridine rings is 2. The zero-order valence-corrected chi connectivity index (χ0v) is 19.9. The third kappa shape index (κ3) is 5.43. The summed E-state index contributed by atoms with van der Waals surface area (Å²) in [7, 11) is 1.60. The zero-order valence-electron chi connectivity index (χ0n) is 19.9. The Hall–Kier alpha value is -3.93. The Morgan fingerprint density at radius 2 is 1.91 bits per heavy atom. The lowest BCUT2D eigenvalue weighted by atomic mass is 9.90. The fraction of sp³-hybridized carbons (Fsp3) is 0.276. The summed E-state index contributed by atoms with van der Waals surface area (Å²) < 4.78 is 11.4. The topological polar surface area (TPSA) is 64.5 Å². The second-order valence-corrected chi connectivity index (χ2v) is 8.97. The predicted molar refractivity (Wildman–Crippen MR) is 136 cm³/mol. The lowest BCUT2D eigenvalue weighted by molar-refractivity contribution is 0.0673. The van der Waals surface area contributed by atoms with E-state index >= 15 is 0 Å². The number of hydrogen-bond donors (Lipinski definition) is 0. The lowest BCUT2D eigenvalue weighted by Gasteiger charge is -2.33. The Morgan fingerprint density at radius 1 is 1.00 bits per heavy atom. The molecule has 5 rings (SSSR count). The van der Waals surface area contributed by atoms with E-state index in [0.717, 1.165) is 48.9 Å². The zero-order chi connectivity index (χ0) is 24.0. The highest BCUT2D eigenvalue weighted by molar-refractivity contribution is 5.95. The van der Waals surface area contributed by atoms with Crippen molar-refractivity contribution < 1.29 is 14.3 Å². The van der Waals surface area contributed by atoms with Crippen LogP contribution in [0.4, 0.5) is 0 Å². The van der Waals surface area contributed by atoms with Gasteiger partial charge in [-0.25, -0.2) is 0 Å². The van der Waals surface area contributed by atoms with Crippen LogP contribution in [-0.4, -0.2) is 41.0 Å². The van der Waals surface area contributed by atoms with Crippen LogP contribution in [-0.2, 0) is 13.0 Å². The molecule has 2 aromatic carbocycles. The standard InChI is InChI=1S/C29H29N3O3/c1-34-27-12-10-24(18-28(27)35-20-25-8-2-3-13-30-25)29(33)32-15-5-6-22(19-32)16-21-9-11-26-23(17-21)7-4-14-31-26/h2-4,7-14,17-18,22H,5-6,15-16,19-20H2,1H3/t22-/m1/s1. The normalized spacial score (nSPS) is 15.7. The van der Waals surface area contributed by atoms with E-state index in [4.69, 9.17) is 9.47 Å². The fourth-order valence-electron chi connectivity index (χ4n) is 4.74. The average Bonchev–Trinajstić information content (AvgIpc) is 2.92. The van der Waals surface area contributed by atoms with Gasteiger partial charge in [0.05, 0.1) is 18.3 Å². The summed E-state index contributed by atoms with van der Waals surface area (Å²) in [6.45, 7) is 1.83. The molecule has 35 heavy (non-hydrogen) atoms. The van der Waals surface area contributed by atoms with Crippen LogP contribution < -0.4 is 9.47 Å². The predicted octanol–water partition coefficient (Wildman–Crippen LogP) is 5.31. The number of methoxy groups -OCH3 is 1. The van der Waals surface area contributed by atoms with Gasteiger partial charge in [-0.15, -0.1) is 0 Å². The molecular weight excluding hydrogens is 438 g/mol. The molecule has 6 nitrogen and oxygen atoms in total. The first-order valence-electron chi connectivity index (χ1n) is 12.0. The average molecular weight is 468 g/mol. The minimum absolute atomic E-state index is 0.0303. The number of benzene rings is 2. The van der Waals surface area contributed by atoms with E-state index in [1.807, 2.05) is 41.4 Å². The van der Waals surface area contributed by atoms with Gasteiger partial charge in [0, 0.05) is 36.4 Å². The number of nitrogens with zero attached hydrogens (tertiary/aromatic N) is 3. The monoisotopic (exact) mass is 467 g/mol. The number of carbonyl (C=O) groups is 1. The third-order valence-electron chi connectivity index (χ3n) is 6.51. The highest BCUT2D eigenvalue weighted by atomic mass is 16.5. The Bertz CT molecular complexity index is 1310. The van der Waals surface area contributed by atoms with Gasteiger partial charge in [-0.1, -0.05) is 18.2 Å². The molecule has 1 aliphatic rings. The number of aromatic nitrogens is 2. The molecule has 0 radical (unpaired) electrons. The summed E-state index contributed by atoms with van der Waals surface area (Å²) in [6.07, 6.45) is 6.63. The minimum atomic E-state index is 0.0303. The van der Waals surface area contributed by atoms with Crippen LogP contribution >= 0.6 is 0 Å². The molecule has 1 fully saturated rings. The molecule has 1 amide bonds. The van der Waals surface area contributed by atoms with Crippen molar-refractivity contribution in [2.24, 2.45) is 5.92 Å². The van der Waals surface area contributed by atoms with Gasteiger partial charge in [0.15, 0.2) is 11.5 Å². The van der Waals surface area contributed by atoms with Crippen LogP contribution in [0.5, 0.6) is 11.5 Å². The van der Waals surface area contributed by atoms with E-state index < -0.39 is 0 Å². The van der Waals surface area contributed by atoms with Crippen LogP contribution in [0.3, 0.4) is 0 Å². The summed E-state index contributed by atoms with van der Waals surface area (Å²) in [4.78, 5) is 24.1. The van der Waals surface area contributed by atoms with Gasteiger partial charge in [-0.05, 0) is 79.3 Å². The van der Waals surface area contributed by atoms with E-state index in [1.54, 1.807) is 25.4 Å². The van der Waals surface area contributed by atoms with E-state index in [-0.39, 0.29) is 5.91 Å². The van der Waals surface area contributed by atoms with Crippen molar-refractivity contribution in [3.8, 4) is 11.5 Å². The molecule has 6 heteroatoms. The number of piperidine rings is 1. The molecule has 4 aromatic rings. The highest BCUT2D eigenvalue weighted by Gasteiger charge is 2.25. The fourth-order valence-corrected chi connectivity index (χ4v) is 4.74. The number of rotatable bonds is 7. The maximum Gasteiger partial charge on any atom is 0.254 e. The number of likely N-dealkylation sites (tertiary alicyclic amines) is 1. The molecule has 1 aliphatic heterocycles. The third-order valence-corrected chi connectivity index (χ3v) is 6.51. The Balaban J connectivity index is 1.27. The molecule has 0 saturated carbocycles. The molecule has 3 heterocycles. The van der Waals surface area contributed by atoms with Gasteiger partial charge in [0.25, 0.3) is 5.91 Å². The van der Waals surface area contributed by atoms with Crippen LogP contribution in [0.15, 0.2) is 79.1 Å². The molecule has 1 saturated heterocycles. The molecule has 0 N–H and O–H groups in total. The first kappa shape index (κ1) is 22.8. The first-order valence-corrected chi connectivity index (χ1v) is 12.0. The van der Waals surface area contributed by atoms with Crippen molar-refractivity contribution in [1.82, 2.24) is 14.9 Å². The Kier molecular flexibility index (Phi) is 6.89. The molecule has 0 spiro atoms.